The second kappa shape index (κ2) is 7.05. The van der Waals surface area contributed by atoms with Crippen molar-refractivity contribution >= 4 is 5.91 Å². The minimum Gasteiger partial charge on any atom is -0.460 e. The maximum absolute atomic E-state index is 12.9. The molecule has 0 bridgehead atoms. The Morgan fingerprint density at radius 2 is 2.03 bits per heavy atom. The van der Waals surface area contributed by atoms with Gasteiger partial charge < -0.3 is 14.3 Å². The summed E-state index contributed by atoms with van der Waals surface area (Å²) in [6, 6.07) is 13.3. The van der Waals surface area contributed by atoms with Crippen LogP contribution in [0.1, 0.15) is 46.6 Å². The number of aryl methyl sites for hydroxylation is 1. The van der Waals surface area contributed by atoms with Gasteiger partial charge in [0.05, 0.1) is 17.8 Å². The molecule has 1 aromatic carbocycles. The van der Waals surface area contributed by atoms with Gasteiger partial charge in [0.25, 0.3) is 5.91 Å². The molecule has 3 heterocycles. The highest BCUT2D eigenvalue weighted by Crippen LogP contribution is 2.38. The largest absolute Gasteiger partial charge is 0.460 e. The monoisotopic (exact) mass is 389 g/mol. The third kappa shape index (κ3) is 3.56. The summed E-state index contributed by atoms with van der Waals surface area (Å²) in [7, 11) is 0. The summed E-state index contributed by atoms with van der Waals surface area (Å²) < 4.78 is 12.6. The number of para-hydroxylation sites is 1. The number of hydrogen-bond donors (Lipinski definition) is 1. The molecule has 0 saturated heterocycles. The van der Waals surface area contributed by atoms with E-state index in [2.05, 4.69) is 20.6 Å². The SMILES string of the molecule is Cc1ccc(-c2nn(-c3ccccc3)cc2C(=O)NCc2nc(C3CC3)no2)o1. The lowest BCUT2D eigenvalue weighted by atomic mass is 10.2. The van der Waals surface area contributed by atoms with Gasteiger partial charge in [0.2, 0.25) is 5.89 Å². The first kappa shape index (κ1) is 17.4. The van der Waals surface area contributed by atoms with Gasteiger partial charge in [-0.2, -0.15) is 10.1 Å². The van der Waals surface area contributed by atoms with Crippen LogP contribution in [-0.4, -0.2) is 25.8 Å². The van der Waals surface area contributed by atoms with Gasteiger partial charge in [-0.05, 0) is 44.0 Å². The van der Waals surface area contributed by atoms with Crippen LogP contribution in [0.2, 0.25) is 0 Å². The zero-order valence-corrected chi connectivity index (χ0v) is 15.8. The summed E-state index contributed by atoms with van der Waals surface area (Å²) in [6.45, 7) is 2.01. The fraction of sp³-hybridized carbons (Fsp3) is 0.238. The average molecular weight is 389 g/mol. The Labute approximate surface area is 166 Å². The summed E-state index contributed by atoms with van der Waals surface area (Å²) >= 11 is 0. The summed E-state index contributed by atoms with van der Waals surface area (Å²) in [5.41, 5.74) is 1.73. The molecular formula is C21H19N5O3. The first-order chi connectivity index (χ1) is 14.2. The Kier molecular flexibility index (Phi) is 4.23. The van der Waals surface area contributed by atoms with Crippen molar-refractivity contribution in [1.29, 1.82) is 0 Å². The molecule has 1 N–H and O–H groups in total. The smallest absolute Gasteiger partial charge is 0.255 e. The molecule has 29 heavy (non-hydrogen) atoms. The fourth-order valence-corrected chi connectivity index (χ4v) is 3.10. The van der Waals surface area contributed by atoms with E-state index in [9.17, 15) is 4.79 Å². The maximum atomic E-state index is 12.9. The van der Waals surface area contributed by atoms with Crippen LogP contribution < -0.4 is 5.32 Å². The van der Waals surface area contributed by atoms with E-state index >= 15 is 0 Å². The number of benzene rings is 1. The number of rotatable bonds is 6. The van der Waals surface area contributed by atoms with Gasteiger partial charge >= 0.3 is 0 Å². The molecule has 1 amide bonds. The van der Waals surface area contributed by atoms with Gasteiger partial charge in [0.1, 0.15) is 11.5 Å². The molecule has 0 aliphatic heterocycles. The van der Waals surface area contributed by atoms with E-state index in [0.29, 0.717) is 28.8 Å². The molecule has 0 radical (unpaired) electrons. The van der Waals surface area contributed by atoms with Gasteiger partial charge in [-0.25, -0.2) is 4.68 Å². The van der Waals surface area contributed by atoms with Crippen molar-refractivity contribution in [3.05, 3.63) is 71.7 Å². The lowest BCUT2D eigenvalue weighted by molar-refractivity contribution is 0.0946. The van der Waals surface area contributed by atoms with Crippen molar-refractivity contribution in [2.75, 3.05) is 0 Å². The maximum Gasteiger partial charge on any atom is 0.255 e. The van der Waals surface area contributed by atoms with Crippen molar-refractivity contribution in [2.45, 2.75) is 32.2 Å². The van der Waals surface area contributed by atoms with Gasteiger partial charge in [-0.15, -0.1) is 0 Å². The Balaban J connectivity index is 1.42. The predicted octanol–water partition coefficient (Wildman–Crippen LogP) is 3.63. The number of furan rings is 1. The van der Waals surface area contributed by atoms with Crippen molar-refractivity contribution in [2.24, 2.45) is 0 Å². The Morgan fingerprint density at radius 1 is 1.21 bits per heavy atom. The molecule has 1 fully saturated rings. The highest BCUT2D eigenvalue weighted by Gasteiger charge is 2.29. The molecule has 0 unspecified atom stereocenters. The van der Waals surface area contributed by atoms with E-state index in [-0.39, 0.29) is 12.5 Å². The van der Waals surface area contributed by atoms with Gasteiger partial charge in [-0.1, -0.05) is 23.4 Å². The summed E-state index contributed by atoms with van der Waals surface area (Å²) in [4.78, 5) is 17.3. The van der Waals surface area contributed by atoms with Gasteiger partial charge in [0, 0.05) is 12.1 Å². The minimum absolute atomic E-state index is 0.158. The summed E-state index contributed by atoms with van der Waals surface area (Å²) in [6.07, 6.45) is 3.88. The lowest BCUT2D eigenvalue weighted by Crippen LogP contribution is -2.23. The number of nitrogens with one attached hydrogen (secondary N) is 1. The van der Waals surface area contributed by atoms with Crippen LogP contribution >= 0.6 is 0 Å². The van der Waals surface area contributed by atoms with E-state index < -0.39 is 0 Å². The number of amides is 1. The molecule has 0 spiro atoms. The van der Waals surface area contributed by atoms with Crippen LogP contribution in [0.4, 0.5) is 0 Å². The van der Waals surface area contributed by atoms with Crippen molar-refractivity contribution in [3.8, 4) is 17.1 Å². The fourth-order valence-electron chi connectivity index (χ4n) is 3.10. The topological polar surface area (TPSA) is 99.0 Å². The van der Waals surface area contributed by atoms with Crippen LogP contribution in [-0.2, 0) is 6.54 Å². The predicted molar refractivity (Wildman–Crippen MR) is 103 cm³/mol. The first-order valence-corrected chi connectivity index (χ1v) is 9.50. The number of hydrogen-bond acceptors (Lipinski definition) is 6. The van der Waals surface area contributed by atoms with Crippen molar-refractivity contribution in [1.82, 2.24) is 25.2 Å². The van der Waals surface area contributed by atoms with E-state index in [4.69, 9.17) is 8.94 Å². The number of carbonyl (C=O) groups is 1. The quantitative estimate of drug-likeness (QED) is 0.541. The number of carbonyl (C=O) groups excluding carboxylic acids is 1. The molecule has 146 valence electrons. The minimum atomic E-state index is -0.289. The van der Waals surface area contributed by atoms with E-state index in [1.54, 1.807) is 10.9 Å². The lowest BCUT2D eigenvalue weighted by Gasteiger charge is -2.01. The summed E-state index contributed by atoms with van der Waals surface area (Å²) in [5.74, 6) is 2.52. The van der Waals surface area contributed by atoms with Crippen LogP contribution in [0.5, 0.6) is 0 Å². The van der Waals surface area contributed by atoms with E-state index in [1.165, 1.54) is 0 Å². The first-order valence-electron chi connectivity index (χ1n) is 9.50. The number of aromatic nitrogens is 4. The highest BCUT2D eigenvalue weighted by atomic mass is 16.5. The normalized spacial score (nSPS) is 13.6. The molecule has 3 aromatic heterocycles. The van der Waals surface area contributed by atoms with Crippen molar-refractivity contribution in [3.63, 3.8) is 0 Å². The van der Waals surface area contributed by atoms with Crippen LogP contribution in [0, 0.1) is 6.92 Å². The highest BCUT2D eigenvalue weighted by molar-refractivity contribution is 5.99. The standard InChI is InChI=1S/C21H19N5O3/c1-13-7-10-17(28-13)19-16(12-26(24-19)15-5-3-2-4-6-15)21(27)22-11-18-23-20(25-29-18)14-8-9-14/h2-7,10,12,14H,8-9,11H2,1H3,(H,22,27). The van der Waals surface area contributed by atoms with Crippen LogP contribution in [0.3, 0.4) is 0 Å². The zero-order chi connectivity index (χ0) is 19.8. The van der Waals surface area contributed by atoms with Gasteiger partial charge in [0.15, 0.2) is 11.6 Å². The Hall–Kier alpha value is -3.68. The third-order valence-corrected chi connectivity index (χ3v) is 4.78. The molecule has 0 atom stereocenters. The Morgan fingerprint density at radius 3 is 2.76 bits per heavy atom. The molecule has 5 rings (SSSR count). The van der Waals surface area contributed by atoms with E-state index in [0.717, 1.165) is 30.1 Å². The molecule has 8 nitrogen and oxygen atoms in total. The Bertz CT molecular complexity index is 1150. The zero-order valence-electron chi connectivity index (χ0n) is 15.8. The van der Waals surface area contributed by atoms with Crippen LogP contribution in [0.15, 0.2) is 57.6 Å². The molecule has 1 aliphatic rings. The van der Waals surface area contributed by atoms with E-state index in [1.807, 2.05) is 49.4 Å². The molecule has 1 saturated carbocycles. The van der Waals surface area contributed by atoms with Crippen LogP contribution in [0.25, 0.3) is 17.1 Å². The number of nitrogens with zero attached hydrogens (tertiary/aromatic N) is 4. The third-order valence-electron chi connectivity index (χ3n) is 4.78. The summed E-state index contributed by atoms with van der Waals surface area (Å²) in [5, 5.41) is 11.4. The molecular weight excluding hydrogens is 370 g/mol. The van der Waals surface area contributed by atoms with Crippen molar-refractivity contribution < 1.29 is 13.7 Å². The molecule has 4 aromatic rings. The molecule has 1 aliphatic carbocycles. The van der Waals surface area contributed by atoms with Gasteiger partial charge in [-0.3, -0.25) is 4.79 Å². The average Bonchev–Trinajstić information content (AvgIpc) is 3.14. The molecule has 8 heteroatoms. The second-order valence-corrected chi connectivity index (χ2v) is 7.09. The second-order valence-electron chi connectivity index (χ2n) is 7.09.